The number of anilines is 1. The van der Waals surface area contributed by atoms with Crippen molar-refractivity contribution in [2.75, 3.05) is 11.8 Å². The summed E-state index contributed by atoms with van der Waals surface area (Å²) >= 11 is 0. The minimum Gasteiger partial charge on any atom is -0.377 e. The highest BCUT2D eigenvalue weighted by Gasteiger charge is 2.15. The van der Waals surface area contributed by atoms with Gasteiger partial charge in [-0.3, -0.25) is 4.72 Å². The Morgan fingerprint density at radius 3 is 2.33 bits per heavy atom. The molecular formula is C14H18N2O4S. The largest absolute Gasteiger partial charge is 0.377 e. The molecule has 7 heteroatoms. The Hall–Kier alpha value is -2.09. The summed E-state index contributed by atoms with van der Waals surface area (Å²) in [5.41, 5.74) is 0.587. The fourth-order valence-electron chi connectivity index (χ4n) is 1.46. The average molecular weight is 310 g/mol. The van der Waals surface area contributed by atoms with Crippen molar-refractivity contribution in [3.8, 4) is 0 Å². The topological polar surface area (TPSA) is 98.7 Å². The summed E-state index contributed by atoms with van der Waals surface area (Å²) in [5.74, 6) is 0. The summed E-state index contributed by atoms with van der Waals surface area (Å²) in [6.45, 7) is 3.49. The number of aliphatic hydroxyl groups excluding tert-OH is 1. The zero-order chi connectivity index (χ0) is 15.9. The molecule has 0 saturated heterocycles. The van der Waals surface area contributed by atoms with E-state index >= 15 is 0 Å². The van der Waals surface area contributed by atoms with Crippen molar-refractivity contribution in [1.82, 2.24) is 5.32 Å². The Morgan fingerprint density at radius 2 is 1.86 bits per heavy atom. The zero-order valence-electron chi connectivity index (χ0n) is 11.5. The molecule has 4 N–H and O–H groups in total. The molecule has 0 saturated carbocycles. The van der Waals surface area contributed by atoms with Gasteiger partial charge in [-0.1, -0.05) is 36.9 Å². The average Bonchev–Trinajstić information content (AvgIpc) is 2.43. The second-order valence-corrected chi connectivity index (χ2v) is 5.65. The van der Waals surface area contributed by atoms with Gasteiger partial charge in [0, 0.05) is 18.3 Å². The van der Waals surface area contributed by atoms with Crippen LogP contribution < -0.4 is 10.0 Å². The number of hydrogen-bond acceptors (Lipinski definition) is 5. The van der Waals surface area contributed by atoms with Gasteiger partial charge in [0.1, 0.15) is 5.03 Å². The minimum atomic E-state index is -3.75. The van der Waals surface area contributed by atoms with Crippen LogP contribution in [0.4, 0.5) is 5.69 Å². The maximum atomic E-state index is 12.1. The van der Waals surface area contributed by atoms with E-state index in [1.807, 2.05) is 0 Å². The number of rotatable bonds is 7. The van der Waals surface area contributed by atoms with Crippen molar-refractivity contribution < 1.29 is 18.6 Å². The molecule has 0 unspecified atom stereocenters. The monoisotopic (exact) mass is 310 g/mol. The molecule has 0 atom stereocenters. The van der Waals surface area contributed by atoms with Gasteiger partial charge >= 0.3 is 0 Å². The lowest BCUT2D eigenvalue weighted by Crippen LogP contribution is -2.23. The third-order valence-corrected chi connectivity index (χ3v) is 3.92. The van der Waals surface area contributed by atoms with E-state index in [4.69, 9.17) is 10.2 Å². The van der Waals surface area contributed by atoms with Crippen molar-refractivity contribution >= 4 is 15.7 Å². The summed E-state index contributed by atoms with van der Waals surface area (Å²) in [7, 11) is -2.25. The van der Waals surface area contributed by atoms with Crippen LogP contribution in [0.5, 0.6) is 0 Å². The van der Waals surface area contributed by atoms with Crippen LogP contribution >= 0.6 is 0 Å². The van der Waals surface area contributed by atoms with Crippen LogP contribution in [-0.4, -0.2) is 25.7 Å². The summed E-state index contributed by atoms with van der Waals surface area (Å²) in [5, 5.41) is 20.5. The Bertz CT molecular complexity index is 631. The van der Waals surface area contributed by atoms with Gasteiger partial charge in [0.2, 0.25) is 0 Å². The molecule has 0 aliphatic heterocycles. The summed E-state index contributed by atoms with van der Waals surface area (Å²) in [6, 6.07) is 5.73. The van der Waals surface area contributed by atoms with E-state index in [9.17, 15) is 8.42 Å². The molecule has 0 fully saturated rings. The number of sulfonamides is 1. The lowest BCUT2D eigenvalue weighted by molar-refractivity contribution is -0.0424. The normalized spacial score (nSPS) is 12.7. The molecule has 0 radical (unpaired) electrons. The van der Waals surface area contributed by atoms with Crippen molar-refractivity contribution in [2.24, 2.45) is 0 Å². The molecule has 6 nitrogen and oxygen atoms in total. The molecule has 21 heavy (non-hydrogen) atoms. The van der Waals surface area contributed by atoms with Crippen LogP contribution in [0.25, 0.3) is 0 Å². The molecule has 0 aromatic heterocycles. The SMILES string of the molecule is C=C/C=C\C=C(/NC)S(=O)(=O)Nc1ccc(C(O)O)cc1. The second kappa shape index (κ2) is 7.63. The van der Waals surface area contributed by atoms with Crippen LogP contribution in [0.2, 0.25) is 0 Å². The number of hydrogen-bond donors (Lipinski definition) is 4. The summed E-state index contributed by atoms with van der Waals surface area (Å²) < 4.78 is 26.7. The first-order valence-corrected chi connectivity index (χ1v) is 7.55. The smallest absolute Gasteiger partial charge is 0.277 e. The van der Waals surface area contributed by atoms with E-state index < -0.39 is 16.3 Å². The van der Waals surface area contributed by atoms with Gasteiger partial charge in [0.05, 0.1) is 0 Å². The van der Waals surface area contributed by atoms with Crippen molar-refractivity contribution in [3.63, 3.8) is 0 Å². The van der Waals surface area contributed by atoms with E-state index in [0.29, 0.717) is 5.69 Å². The molecule has 0 spiro atoms. The van der Waals surface area contributed by atoms with Gasteiger partial charge < -0.3 is 15.5 Å². The van der Waals surface area contributed by atoms with Gasteiger partial charge in [0.15, 0.2) is 6.29 Å². The third kappa shape index (κ3) is 5.07. The van der Waals surface area contributed by atoms with E-state index in [-0.39, 0.29) is 10.6 Å². The number of aliphatic hydroxyl groups is 2. The van der Waals surface area contributed by atoms with Gasteiger partial charge in [0.25, 0.3) is 10.0 Å². The van der Waals surface area contributed by atoms with Gasteiger partial charge in [-0.2, -0.15) is 8.42 Å². The summed E-state index contributed by atoms with van der Waals surface area (Å²) in [4.78, 5) is 0. The van der Waals surface area contributed by atoms with Gasteiger partial charge in [-0.15, -0.1) is 0 Å². The predicted molar refractivity (Wildman–Crippen MR) is 82.6 cm³/mol. The van der Waals surface area contributed by atoms with E-state index in [2.05, 4.69) is 16.6 Å². The fourth-order valence-corrected chi connectivity index (χ4v) is 2.55. The Balaban J connectivity index is 2.95. The van der Waals surface area contributed by atoms with Crippen LogP contribution in [-0.2, 0) is 10.0 Å². The number of benzene rings is 1. The molecule has 0 heterocycles. The van der Waals surface area contributed by atoms with Crippen molar-refractivity contribution in [2.45, 2.75) is 6.29 Å². The summed E-state index contributed by atoms with van der Waals surface area (Å²) in [6.07, 6.45) is 4.49. The molecule has 1 aromatic rings. The van der Waals surface area contributed by atoms with Gasteiger partial charge in [-0.05, 0) is 18.2 Å². The van der Waals surface area contributed by atoms with Crippen LogP contribution in [0, 0.1) is 0 Å². The van der Waals surface area contributed by atoms with E-state index in [1.165, 1.54) is 43.5 Å². The highest BCUT2D eigenvalue weighted by atomic mass is 32.2. The maximum absolute atomic E-state index is 12.1. The Labute approximate surface area is 124 Å². The van der Waals surface area contributed by atoms with E-state index in [1.54, 1.807) is 12.2 Å². The Kier molecular flexibility index (Phi) is 6.16. The molecule has 0 aliphatic carbocycles. The van der Waals surface area contributed by atoms with Crippen LogP contribution in [0.15, 0.2) is 60.2 Å². The molecule has 0 aliphatic rings. The lowest BCUT2D eigenvalue weighted by atomic mass is 10.2. The quantitative estimate of drug-likeness (QED) is 0.448. The third-order valence-electron chi connectivity index (χ3n) is 2.49. The highest BCUT2D eigenvalue weighted by Crippen LogP contribution is 2.17. The number of allylic oxidation sites excluding steroid dienone is 4. The van der Waals surface area contributed by atoms with Gasteiger partial charge in [-0.25, -0.2) is 0 Å². The number of nitrogens with one attached hydrogen (secondary N) is 2. The predicted octanol–water partition coefficient (Wildman–Crippen LogP) is 1.21. The first-order chi connectivity index (χ1) is 9.90. The highest BCUT2D eigenvalue weighted by molar-refractivity contribution is 7.96. The molecular weight excluding hydrogens is 292 g/mol. The molecule has 1 rings (SSSR count). The molecule has 0 amide bonds. The van der Waals surface area contributed by atoms with Crippen LogP contribution in [0.1, 0.15) is 11.9 Å². The van der Waals surface area contributed by atoms with Crippen LogP contribution in [0.3, 0.4) is 0 Å². The zero-order valence-corrected chi connectivity index (χ0v) is 12.3. The second-order valence-electron chi connectivity index (χ2n) is 4.00. The first kappa shape index (κ1) is 17.0. The standard InChI is InChI=1S/C14H18N2O4S/c1-3-4-5-6-13(15-2)21(19,20)16-12-9-7-11(8-10-12)14(17)18/h3-10,14-18H,1H2,2H3/b5-4-,13-6+. The van der Waals surface area contributed by atoms with Crippen molar-refractivity contribution in [3.05, 3.63) is 65.7 Å². The molecule has 0 bridgehead atoms. The lowest BCUT2D eigenvalue weighted by Gasteiger charge is -2.11. The Morgan fingerprint density at radius 1 is 1.24 bits per heavy atom. The minimum absolute atomic E-state index is 0.00753. The molecule has 114 valence electrons. The molecule has 1 aromatic carbocycles. The first-order valence-electron chi connectivity index (χ1n) is 6.06. The van der Waals surface area contributed by atoms with Crippen molar-refractivity contribution in [1.29, 1.82) is 0 Å². The maximum Gasteiger partial charge on any atom is 0.277 e. The fraction of sp³-hybridized carbons (Fsp3) is 0.143. The van der Waals surface area contributed by atoms with E-state index in [0.717, 1.165) is 0 Å².